The maximum atomic E-state index is 15.0. The zero-order chi connectivity index (χ0) is 23.1. The Balaban J connectivity index is 1.69. The summed E-state index contributed by atoms with van der Waals surface area (Å²) in [5.41, 5.74) is 0.117. The van der Waals surface area contributed by atoms with E-state index in [-0.39, 0.29) is 24.2 Å². The van der Waals surface area contributed by atoms with E-state index in [1.165, 1.54) is 4.90 Å². The predicted molar refractivity (Wildman–Crippen MR) is 109 cm³/mol. The molecule has 0 unspecified atom stereocenters. The Bertz CT molecular complexity index is 938. The van der Waals surface area contributed by atoms with Gasteiger partial charge in [0.25, 0.3) is 0 Å². The third-order valence-electron chi connectivity index (χ3n) is 6.55. The standard InChI is InChI=1S/C21H28F4N2O4S/c1-32(28,29)26-18-3-2-8-27-12-21(24,25)31-20-16(9-14(22)10-17(20)23)13-4-6-15(7-5-13)30-11-19(18)27/h9-10,13,15,18-19,26H,2-8,11-12H2,1H3/t13?,15?,18-,19-/m0/s1. The molecule has 1 aromatic rings. The van der Waals surface area contributed by atoms with Crippen molar-refractivity contribution in [2.24, 2.45) is 0 Å². The van der Waals surface area contributed by atoms with E-state index in [4.69, 9.17) is 9.47 Å². The van der Waals surface area contributed by atoms with Gasteiger partial charge in [0.05, 0.1) is 19.0 Å². The molecule has 1 aliphatic carbocycles. The number of hydrogen-bond donors (Lipinski definition) is 1. The van der Waals surface area contributed by atoms with Gasteiger partial charge in [0.15, 0.2) is 11.6 Å². The Morgan fingerprint density at radius 2 is 1.84 bits per heavy atom. The van der Waals surface area contributed by atoms with Gasteiger partial charge in [-0.3, -0.25) is 4.90 Å². The summed E-state index contributed by atoms with van der Waals surface area (Å²) in [6, 6.07) is 0.422. The lowest BCUT2D eigenvalue weighted by Crippen LogP contribution is -2.60. The summed E-state index contributed by atoms with van der Waals surface area (Å²) in [6.07, 6.45) is 0.386. The number of hydrogen-bond acceptors (Lipinski definition) is 5. The number of benzene rings is 1. The SMILES string of the molecule is CS(=O)(=O)N[C@H]1CCCN2CC(F)(F)Oc3c(F)cc(F)cc3C3CCC(CC3)OC[C@@H]12. The van der Waals surface area contributed by atoms with E-state index in [0.717, 1.165) is 12.3 Å². The van der Waals surface area contributed by atoms with Crippen LogP contribution in [0.15, 0.2) is 12.1 Å². The molecular formula is C21H28F4N2O4S. The van der Waals surface area contributed by atoms with Gasteiger partial charge in [-0.1, -0.05) is 0 Å². The van der Waals surface area contributed by atoms with Crippen LogP contribution < -0.4 is 9.46 Å². The fourth-order valence-electron chi connectivity index (χ4n) is 5.14. The molecule has 3 aliphatic heterocycles. The first-order chi connectivity index (χ1) is 15.0. The fraction of sp³-hybridized carbons (Fsp3) is 0.714. The number of rotatable bonds is 2. The largest absolute Gasteiger partial charge is 0.428 e. The average molecular weight is 481 g/mol. The number of nitrogens with zero attached hydrogens (tertiary/aromatic N) is 1. The van der Waals surface area contributed by atoms with Gasteiger partial charge in [0, 0.05) is 23.7 Å². The first-order valence-electron chi connectivity index (χ1n) is 10.9. The van der Waals surface area contributed by atoms with E-state index >= 15 is 8.78 Å². The molecule has 0 amide bonds. The highest BCUT2D eigenvalue weighted by atomic mass is 32.2. The summed E-state index contributed by atoms with van der Waals surface area (Å²) in [4.78, 5) is 1.44. The Morgan fingerprint density at radius 1 is 1.12 bits per heavy atom. The summed E-state index contributed by atoms with van der Waals surface area (Å²) in [5.74, 6) is -2.91. The van der Waals surface area contributed by atoms with Crippen molar-refractivity contribution >= 4 is 10.0 Å². The number of fused-ring (bicyclic) bond motifs is 5. The molecule has 5 rings (SSSR count). The lowest BCUT2D eigenvalue weighted by molar-refractivity contribution is -0.198. The Morgan fingerprint density at radius 3 is 2.53 bits per heavy atom. The van der Waals surface area contributed by atoms with Gasteiger partial charge in [-0.2, -0.15) is 8.78 Å². The van der Waals surface area contributed by atoms with E-state index in [2.05, 4.69) is 4.72 Å². The molecule has 180 valence electrons. The zero-order valence-electron chi connectivity index (χ0n) is 17.8. The molecule has 1 saturated carbocycles. The second-order valence-electron chi connectivity index (χ2n) is 9.03. The molecule has 2 atom stereocenters. The first-order valence-corrected chi connectivity index (χ1v) is 12.8. The molecule has 32 heavy (non-hydrogen) atoms. The van der Waals surface area contributed by atoms with Crippen molar-refractivity contribution in [3.8, 4) is 5.75 Å². The highest BCUT2D eigenvalue weighted by Gasteiger charge is 2.43. The predicted octanol–water partition coefficient (Wildman–Crippen LogP) is 3.38. The summed E-state index contributed by atoms with van der Waals surface area (Å²) in [7, 11) is -3.56. The topological polar surface area (TPSA) is 67.9 Å². The molecule has 1 aromatic carbocycles. The minimum Gasteiger partial charge on any atom is -0.428 e. The van der Waals surface area contributed by atoms with Crippen LogP contribution >= 0.6 is 0 Å². The number of ether oxygens (including phenoxy) is 2. The maximum Gasteiger partial charge on any atom is 0.411 e. The van der Waals surface area contributed by atoms with Gasteiger partial charge in [-0.25, -0.2) is 21.9 Å². The molecule has 1 N–H and O–H groups in total. The number of sulfonamides is 1. The van der Waals surface area contributed by atoms with Gasteiger partial charge in [0.1, 0.15) is 12.4 Å². The summed E-state index contributed by atoms with van der Waals surface area (Å²) >= 11 is 0. The van der Waals surface area contributed by atoms with Crippen LogP contribution in [0.2, 0.25) is 0 Å². The van der Waals surface area contributed by atoms with Crippen molar-refractivity contribution < 1.29 is 35.5 Å². The Labute approximate surface area is 185 Å². The maximum absolute atomic E-state index is 15.0. The van der Waals surface area contributed by atoms with Crippen molar-refractivity contribution in [2.45, 2.75) is 68.7 Å². The van der Waals surface area contributed by atoms with Gasteiger partial charge < -0.3 is 9.47 Å². The summed E-state index contributed by atoms with van der Waals surface area (Å²) < 4.78 is 95.7. The van der Waals surface area contributed by atoms with Crippen LogP contribution in [0.4, 0.5) is 17.6 Å². The van der Waals surface area contributed by atoms with E-state index in [9.17, 15) is 17.2 Å². The van der Waals surface area contributed by atoms with Crippen molar-refractivity contribution in [3.05, 3.63) is 29.3 Å². The molecule has 2 bridgehead atoms. The monoisotopic (exact) mass is 480 g/mol. The minimum absolute atomic E-state index is 0.0918. The van der Waals surface area contributed by atoms with Crippen LogP contribution in [-0.2, 0) is 14.8 Å². The number of alkyl halides is 2. The van der Waals surface area contributed by atoms with Gasteiger partial charge >= 0.3 is 6.11 Å². The van der Waals surface area contributed by atoms with Crippen molar-refractivity contribution in [3.63, 3.8) is 0 Å². The van der Waals surface area contributed by atoms with Crippen LogP contribution in [0.3, 0.4) is 0 Å². The molecule has 0 aromatic heterocycles. The van der Waals surface area contributed by atoms with E-state index in [1.807, 2.05) is 0 Å². The van der Waals surface area contributed by atoms with Crippen molar-refractivity contribution in [2.75, 3.05) is 26.0 Å². The highest BCUT2D eigenvalue weighted by molar-refractivity contribution is 7.88. The Hall–Kier alpha value is -1.43. The molecule has 2 fully saturated rings. The highest BCUT2D eigenvalue weighted by Crippen LogP contribution is 2.42. The normalized spacial score (nSPS) is 31.4. The van der Waals surface area contributed by atoms with E-state index < -0.39 is 52.1 Å². The summed E-state index contributed by atoms with van der Waals surface area (Å²) in [6.45, 7) is -0.482. The molecule has 0 spiro atoms. The van der Waals surface area contributed by atoms with Crippen LogP contribution in [-0.4, -0.2) is 63.6 Å². The lowest BCUT2D eigenvalue weighted by atomic mass is 9.82. The third kappa shape index (κ3) is 5.55. The molecule has 6 nitrogen and oxygen atoms in total. The molecule has 0 radical (unpaired) electrons. The Kier molecular flexibility index (Phi) is 6.73. The quantitative estimate of drug-likeness (QED) is 0.658. The minimum atomic E-state index is -3.77. The fourth-order valence-corrected chi connectivity index (χ4v) is 5.97. The molecule has 11 heteroatoms. The summed E-state index contributed by atoms with van der Waals surface area (Å²) in [5, 5.41) is 0. The smallest absolute Gasteiger partial charge is 0.411 e. The van der Waals surface area contributed by atoms with Gasteiger partial charge in [0.2, 0.25) is 10.0 Å². The molecular weight excluding hydrogens is 452 g/mol. The second-order valence-corrected chi connectivity index (χ2v) is 10.8. The average Bonchev–Trinajstić information content (AvgIpc) is 2.69. The van der Waals surface area contributed by atoms with Gasteiger partial charge in [-0.15, -0.1) is 0 Å². The van der Waals surface area contributed by atoms with E-state index in [0.29, 0.717) is 51.1 Å². The number of nitrogens with one attached hydrogen (secondary N) is 1. The molecule has 1 saturated heterocycles. The van der Waals surface area contributed by atoms with Crippen LogP contribution in [0.5, 0.6) is 5.75 Å². The molecule has 4 aliphatic rings. The number of halogens is 4. The van der Waals surface area contributed by atoms with Crippen molar-refractivity contribution in [1.82, 2.24) is 9.62 Å². The van der Waals surface area contributed by atoms with E-state index in [1.54, 1.807) is 0 Å². The molecule has 3 heterocycles. The van der Waals surface area contributed by atoms with Crippen molar-refractivity contribution in [1.29, 1.82) is 0 Å². The second kappa shape index (κ2) is 9.08. The zero-order valence-corrected chi connectivity index (χ0v) is 18.6. The van der Waals surface area contributed by atoms with Crippen LogP contribution in [0.25, 0.3) is 0 Å². The first kappa shape index (κ1) is 23.7. The van der Waals surface area contributed by atoms with Gasteiger partial charge in [-0.05, 0) is 57.1 Å². The third-order valence-corrected chi connectivity index (χ3v) is 7.28. The number of piperidine rings is 1. The van der Waals surface area contributed by atoms with Crippen LogP contribution in [0.1, 0.15) is 50.0 Å². The lowest BCUT2D eigenvalue weighted by Gasteiger charge is -2.42. The van der Waals surface area contributed by atoms with Crippen LogP contribution in [0, 0.1) is 11.6 Å².